The highest BCUT2D eigenvalue weighted by Gasteiger charge is 2.60. The van der Waals surface area contributed by atoms with Crippen molar-refractivity contribution >= 4 is 34.1 Å². The zero-order valence-corrected chi connectivity index (χ0v) is 18.4. The first-order valence-electron chi connectivity index (χ1n) is 11.1. The molecule has 6 nitrogen and oxygen atoms in total. The summed E-state index contributed by atoms with van der Waals surface area (Å²) in [4.78, 5) is 38.3. The molecule has 1 aromatic heterocycles. The zero-order chi connectivity index (χ0) is 22.7. The summed E-state index contributed by atoms with van der Waals surface area (Å²) >= 11 is 0. The SMILES string of the molecule is Cc1cccc(N2C(=O)[C@H]3[C@H](ON(c4ccccc4)[C@@H]3c3c(C)[nH]c4ccccc34)C2=O)c1. The molecule has 33 heavy (non-hydrogen) atoms. The average molecular weight is 437 g/mol. The normalized spacial score (nSPS) is 22.4. The predicted octanol–water partition coefficient (Wildman–Crippen LogP) is 4.84. The summed E-state index contributed by atoms with van der Waals surface area (Å²) in [7, 11) is 0. The Morgan fingerprint density at radius 2 is 1.55 bits per heavy atom. The van der Waals surface area contributed by atoms with Crippen LogP contribution in [0, 0.1) is 19.8 Å². The summed E-state index contributed by atoms with van der Waals surface area (Å²) in [6.45, 7) is 3.95. The van der Waals surface area contributed by atoms with Gasteiger partial charge in [-0.15, -0.1) is 0 Å². The molecular formula is C27H23N3O3. The van der Waals surface area contributed by atoms with E-state index in [1.807, 2.05) is 86.6 Å². The Balaban J connectivity index is 1.52. The van der Waals surface area contributed by atoms with Crippen LogP contribution in [0.5, 0.6) is 0 Å². The molecule has 4 aromatic rings. The maximum atomic E-state index is 13.8. The Kier molecular flexibility index (Phi) is 4.38. The van der Waals surface area contributed by atoms with Crippen LogP contribution < -0.4 is 9.96 Å². The number of amides is 2. The third-order valence-corrected chi connectivity index (χ3v) is 6.63. The second-order valence-electron chi connectivity index (χ2n) is 8.72. The van der Waals surface area contributed by atoms with Gasteiger partial charge in [0.05, 0.1) is 17.4 Å². The highest BCUT2D eigenvalue weighted by Crippen LogP contribution is 2.49. The minimum atomic E-state index is -0.878. The number of imide groups is 1. The number of para-hydroxylation sites is 2. The van der Waals surface area contributed by atoms with Gasteiger partial charge in [0.25, 0.3) is 5.91 Å². The van der Waals surface area contributed by atoms with Crippen LogP contribution in [0.3, 0.4) is 0 Å². The number of hydrogen-bond donors (Lipinski definition) is 1. The molecule has 2 saturated heterocycles. The van der Waals surface area contributed by atoms with Gasteiger partial charge in [-0.2, -0.15) is 0 Å². The third kappa shape index (κ3) is 2.91. The lowest BCUT2D eigenvalue weighted by atomic mass is 9.89. The van der Waals surface area contributed by atoms with Crippen molar-refractivity contribution in [2.45, 2.75) is 26.0 Å². The number of carbonyl (C=O) groups is 2. The fourth-order valence-electron chi connectivity index (χ4n) is 5.21. The molecule has 6 heteroatoms. The largest absolute Gasteiger partial charge is 0.358 e. The maximum Gasteiger partial charge on any atom is 0.266 e. The van der Waals surface area contributed by atoms with Gasteiger partial charge in [-0.3, -0.25) is 14.4 Å². The van der Waals surface area contributed by atoms with Crippen molar-refractivity contribution in [1.82, 2.24) is 4.98 Å². The van der Waals surface area contributed by atoms with Crippen molar-refractivity contribution in [2.75, 3.05) is 9.96 Å². The molecule has 2 amide bonds. The standard InChI is InChI=1S/C27H23N3O3/c1-16-9-8-12-19(15-16)29-26(31)23-24(22-17(2)28-21-14-7-6-13-20(21)22)30(33-25(23)27(29)32)18-10-4-3-5-11-18/h3-15,23-25,28H,1-2H3/t23-,24-,25+/m1/s1. The van der Waals surface area contributed by atoms with Crippen LogP contribution >= 0.6 is 0 Å². The van der Waals surface area contributed by atoms with Crippen LogP contribution in [0.25, 0.3) is 10.9 Å². The van der Waals surface area contributed by atoms with Crippen LogP contribution in [-0.4, -0.2) is 22.9 Å². The Labute approximate surface area is 191 Å². The second-order valence-corrected chi connectivity index (χ2v) is 8.72. The summed E-state index contributed by atoms with van der Waals surface area (Å²) in [5.41, 5.74) is 5.32. The first-order valence-corrected chi connectivity index (χ1v) is 11.1. The van der Waals surface area contributed by atoms with E-state index in [9.17, 15) is 9.59 Å². The van der Waals surface area contributed by atoms with Crippen molar-refractivity contribution < 1.29 is 14.4 Å². The van der Waals surface area contributed by atoms with E-state index < -0.39 is 18.1 Å². The van der Waals surface area contributed by atoms with E-state index in [0.717, 1.165) is 33.4 Å². The third-order valence-electron chi connectivity index (χ3n) is 6.63. The Bertz CT molecular complexity index is 1390. The number of hydrogen-bond acceptors (Lipinski definition) is 4. The van der Waals surface area contributed by atoms with E-state index in [2.05, 4.69) is 4.98 Å². The highest BCUT2D eigenvalue weighted by atomic mass is 16.7. The van der Waals surface area contributed by atoms with Crippen molar-refractivity contribution in [3.63, 3.8) is 0 Å². The van der Waals surface area contributed by atoms with Gasteiger partial charge < -0.3 is 4.98 Å². The molecule has 2 aliphatic rings. The number of aryl methyl sites for hydroxylation is 2. The van der Waals surface area contributed by atoms with Crippen molar-refractivity contribution in [3.8, 4) is 0 Å². The van der Waals surface area contributed by atoms with Gasteiger partial charge in [0.15, 0.2) is 6.10 Å². The number of aromatic nitrogens is 1. The van der Waals surface area contributed by atoms with E-state index >= 15 is 0 Å². The molecular weight excluding hydrogens is 414 g/mol. The van der Waals surface area contributed by atoms with Crippen LogP contribution in [0.15, 0.2) is 78.9 Å². The average Bonchev–Trinajstić information content (AvgIpc) is 3.43. The molecule has 3 heterocycles. The molecule has 1 N–H and O–H groups in total. The molecule has 0 aliphatic carbocycles. The van der Waals surface area contributed by atoms with Gasteiger partial charge in [0.2, 0.25) is 5.91 Å². The van der Waals surface area contributed by atoms with Gasteiger partial charge >= 0.3 is 0 Å². The summed E-state index contributed by atoms with van der Waals surface area (Å²) in [6, 6.07) is 24.7. The number of hydroxylamine groups is 1. The summed E-state index contributed by atoms with van der Waals surface area (Å²) < 4.78 is 0. The minimum Gasteiger partial charge on any atom is -0.358 e. The highest BCUT2D eigenvalue weighted by molar-refractivity contribution is 6.24. The smallest absolute Gasteiger partial charge is 0.266 e. The van der Waals surface area contributed by atoms with Crippen molar-refractivity contribution in [3.05, 3.63) is 95.7 Å². The number of rotatable bonds is 3. The van der Waals surface area contributed by atoms with Crippen molar-refractivity contribution in [2.24, 2.45) is 5.92 Å². The molecule has 0 bridgehead atoms. The van der Waals surface area contributed by atoms with Crippen molar-refractivity contribution in [1.29, 1.82) is 0 Å². The summed E-state index contributed by atoms with van der Waals surface area (Å²) in [5, 5.41) is 2.78. The van der Waals surface area contributed by atoms with Gasteiger partial charge in [0, 0.05) is 22.2 Å². The predicted molar refractivity (Wildman–Crippen MR) is 127 cm³/mol. The van der Waals surface area contributed by atoms with E-state index in [0.29, 0.717) is 5.69 Å². The van der Waals surface area contributed by atoms with Gasteiger partial charge in [-0.25, -0.2) is 9.96 Å². The monoisotopic (exact) mass is 437 g/mol. The zero-order valence-electron chi connectivity index (χ0n) is 18.4. The van der Waals surface area contributed by atoms with E-state index in [4.69, 9.17) is 4.84 Å². The van der Waals surface area contributed by atoms with Crippen LogP contribution in [0.2, 0.25) is 0 Å². The Hall–Kier alpha value is -3.90. The lowest BCUT2D eigenvalue weighted by Crippen LogP contribution is -2.37. The Morgan fingerprint density at radius 1 is 0.818 bits per heavy atom. The van der Waals surface area contributed by atoms with Crippen LogP contribution in [0.1, 0.15) is 22.9 Å². The number of aromatic amines is 1. The lowest BCUT2D eigenvalue weighted by Gasteiger charge is -2.29. The van der Waals surface area contributed by atoms with Crippen LogP contribution in [0.4, 0.5) is 11.4 Å². The second kappa shape index (κ2) is 7.32. The number of nitrogens with one attached hydrogen (secondary N) is 1. The number of carbonyl (C=O) groups excluding carboxylic acids is 2. The molecule has 0 saturated carbocycles. The van der Waals surface area contributed by atoms with Gasteiger partial charge in [0.1, 0.15) is 5.92 Å². The number of fused-ring (bicyclic) bond motifs is 2. The number of nitrogens with zero attached hydrogens (tertiary/aromatic N) is 2. The summed E-state index contributed by atoms with van der Waals surface area (Å²) in [6.07, 6.45) is -0.878. The van der Waals surface area contributed by atoms with Gasteiger partial charge in [-0.1, -0.05) is 48.5 Å². The van der Waals surface area contributed by atoms with Gasteiger partial charge in [-0.05, 0) is 49.7 Å². The maximum absolute atomic E-state index is 13.8. The molecule has 2 fully saturated rings. The molecule has 0 spiro atoms. The fourth-order valence-corrected chi connectivity index (χ4v) is 5.21. The minimum absolute atomic E-state index is 0.233. The first kappa shape index (κ1) is 19.8. The van der Waals surface area contributed by atoms with Crippen LogP contribution in [-0.2, 0) is 14.4 Å². The van der Waals surface area contributed by atoms with E-state index in [1.165, 1.54) is 4.90 Å². The lowest BCUT2D eigenvalue weighted by molar-refractivity contribution is -0.126. The quantitative estimate of drug-likeness (QED) is 0.466. The Morgan fingerprint density at radius 3 is 2.33 bits per heavy atom. The van der Waals surface area contributed by atoms with E-state index in [-0.39, 0.29) is 11.8 Å². The number of benzene rings is 3. The van der Waals surface area contributed by atoms with E-state index in [1.54, 1.807) is 11.1 Å². The molecule has 164 valence electrons. The molecule has 2 aliphatic heterocycles. The summed E-state index contributed by atoms with van der Waals surface area (Å²) in [5.74, 6) is -1.21. The molecule has 6 rings (SSSR count). The first-order chi connectivity index (χ1) is 16.0. The number of anilines is 2. The fraction of sp³-hybridized carbons (Fsp3) is 0.185. The molecule has 3 aromatic carbocycles. The molecule has 0 unspecified atom stereocenters. The number of H-pyrrole nitrogens is 1. The molecule has 3 atom stereocenters. The topological polar surface area (TPSA) is 65.6 Å². The molecule has 0 radical (unpaired) electrons.